The average Bonchev–Trinajstić information content (AvgIpc) is 3.07. The Balaban J connectivity index is 1.35. The summed E-state index contributed by atoms with van der Waals surface area (Å²) >= 11 is 6.98. The Bertz CT molecular complexity index is 1640. The van der Waals surface area contributed by atoms with Crippen molar-refractivity contribution in [1.82, 2.24) is 0 Å². The van der Waals surface area contributed by atoms with Crippen LogP contribution in [0.15, 0.2) is 150 Å². The molecule has 216 valence electrons. The van der Waals surface area contributed by atoms with E-state index >= 15 is 0 Å². The van der Waals surface area contributed by atoms with Crippen LogP contribution < -0.4 is 0 Å². The van der Waals surface area contributed by atoms with E-state index in [1.165, 1.54) is 22.3 Å². The summed E-state index contributed by atoms with van der Waals surface area (Å²) in [6, 6.07) is 37.8. The van der Waals surface area contributed by atoms with Crippen LogP contribution in [-0.4, -0.2) is 19.0 Å². The van der Waals surface area contributed by atoms with E-state index in [0.29, 0.717) is 13.2 Å². The fourth-order valence-electron chi connectivity index (χ4n) is 5.24. The number of hydrogen-bond acceptors (Lipinski definition) is 1. The van der Waals surface area contributed by atoms with Crippen molar-refractivity contribution in [2.24, 2.45) is 0 Å². The fourth-order valence-corrected chi connectivity index (χ4v) is 5.56. The van der Waals surface area contributed by atoms with Crippen LogP contribution in [0, 0.1) is 0 Å². The van der Waals surface area contributed by atoms with Gasteiger partial charge in [-0.15, -0.1) is 0 Å². The number of carbonyl (C=O) groups excluding carboxylic acids is 1. The molecule has 3 heteroatoms. The Hall–Kier alpha value is -4.40. The molecule has 0 saturated carbocycles. The number of ether oxygens (including phenoxy) is 1. The second-order valence-electron chi connectivity index (χ2n) is 10.4. The van der Waals surface area contributed by atoms with E-state index < -0.39 is 0 Å². The van der Waals surface area contributed by atoms with Crippen molar-refractivity contribution in [3.05, 3.63) is 161 Å². The molecule has 1 aliphatic carbocycles. The Morgan fingerprint density at radius 3 is 1.84 bits per heavy atom. The highest BCUT2D eigenvalue weighted by atomic mass is 35.5. The maximum atomic E-state index is 6.98. The maximum Gasteiger partial charge on any atom is 0.350 e. The third-order valence-corrected chi connectivity index (χ3v) is 7.97. The average molecular weight is 586 g/mol. The van der Waals surface area contributed by atoms with E-state index in [9.17, 15) is 0 Å². The van der Waals surface area contributed by atoms with Crippen LogP contribution in [0.1, 0.15) is 48.7 Å². The Labute approximate surface area is 261 Å². The van der Waals surface area contributed by atoms with Crippen molar-refractivity contribution >= 4 is 23.1 Å². The van der Waals surface area contributed by atoms with Crippen molar-refractivity contribution in [1.29, 1.82) is 0 Å². The van der Waals surface area contributed by atoms with E-state index in [1.54, 1.807) is 0 Å². The van der Waals surface area contributed by atoms with Crippen molar-refractivity contribution in [2.75, 3.05) is 13.2 Å². The number of benzene rings is 4. The van der Waals surface area contributed by atoms with Crippen LogP contribution in [0.4, 0.5) is 0 Å². The minimum Gasteiger partial charge on any atom is -0.493 e. The molecule has 0 fully saturated rings. The first-order valence-corrected chi connectivity index (χ1v) is 15.5. The first-order chi connectivity index (χ1) is 21.2. The fraction of sp³-hybridized carbons (Fsp3) is 0.175. The molecule has 1 aliphatic rings. The summed E-state index contributed by atoms with van der Waals surface area (Å²) in [6.45, 7) is 5.21. The predicted molar refractivity (Wildman–Crippen MR) is 182 cm³/mol. The van der Waals surface area contributed by atoms with Gasteiger partial charge in [-0.2, -0.15) is 0 Å². The van der Waals surface area contributed by atoms with E-state index in [-0.39, 0.29) is 0 Å². The van der Waals surface area contributed by atoms with E-state index in [0.717, 1.165) is 58.1 Å². The van der Waals surface area contributed by atoms with Crippen LogP contribution in [0.25, 0.3) is 28.0 Å². The summed E-state index contributed by atoms with van der Waals surface area (Å²) in [5.41, 5.74) is 9.10. The highest BCUT2D eigenvalue weighted by Crippen LogP contribution is 2.34. The molecule has 0 aromatic heterocycles. The number of rotatable bonds is 10. The van der Waals surface area contributed by atoms with Crippen LogP contribution in [-0.2, 0) is 4.74 Å². The molecule has 0 heterocycles. The first kappa shape index (κ1) is 30.1. The lowest BCUT2D eigenvalue weighted by molar-refractivity contribution is -0.261. The molecule has 4 aromatic carbocycles. The Morgan fingerprint density at radius 1 is 0.721 bits per heavy atom. The Morgan fingerprint density at radius 2 is 1.28 bits per heavy atom. The molecule has 0 aliphatic heterocycles. The minimum absolute atomic E-state index is 0.593. The third kappa shape index (κ3) is 7.91. The first-order valence-electron chi connectivity index (χ1n) is 15.1. The minimum atomic E-state index is 0.593. The van der Waals surface area contributed by atoms with Crippen LogP contribution in [0.5, 0.6) is 0 Å². The zero-order valence-electron chi connectivity index (χ0n) is 24.9. The van der Waals surface area contributed by atoms with Gasteiger partial charge >= 0.3 is 5.78 Å². The van der Waals surface area contributed by atoms with Crippen molar-refractivity contribution < 1.29 is 9.16 Å². The largest absolute Gasteiger partial charge is 0.493 e. The van der Waals surface area contributed by atoms with Gasteiger partial charge in [0.25, 0.3) is 6.61 Å². The normalized spacial score (nSPS) is 15.4. The third-order valence-electron chi connectivity index (χ3n) is 7.48. The molecule has 0 bridgehead atoms. The molecule has 0 amide bonds. The molecule has 4 aromatic rings. The molecule has 0 saturated heterocycles. The van der Waals surface area contributed by atoms with Crippen molar-refractivity contribution in [3.8, 4) is 22.3 Å². The summed E-state index contributed by atoms with van der Waals surface area (Å²) in [4.78, 5) is 0. The SMILES string of the molecule is CCO/C(=C/C=C1\CCCC(/C=C/C(=[O+]CC)c2ccc(-c3ccccc3)cc2)=C1Cl)c1ccc(-c2ccccc2)cc1. The zero-order chi connectivity index (χ0) is 29.9. The molecule has 0 unspecified atom stereocenters. The van der Waals surface area contributed by atoms with E-state index in [1.807, 2.05) is 26.0 Å². The standard InChI is InChI=1S/C40H38ClO2/c1-3-42-38(34-22-18-32(19-23-34)30-12-7-5-8-13-30)28-26-36-16-11-17-37(40(36)41)27-29-39(43-4-2)35-24-20-33(21-25-35)31-14-9-6-10-15-31/h5-10,12-15,18-29H,3-4,11,16-17H2,1-2H3/q+1/b28-26+,37-27+,39-29+. The van der Waals surface area contributed by atoms with Gasteiger partial charge in [0.2, 0.25) is 0 Å². The predicted octanol–water partition coefficient (Wildman–Crippen LogP) is 11.0. The molecule has 5 rings (SSSR count). The zero-order valence-corrected chi connectivity index (χ0v) is 25.7. The Kier molecular flexibility index (Phi) is 10.6. The van der Waals surface area contributed by atoms with Gasteiger partial charge in [0.1, 0.15) is 5.76 Å². The number of hydrogen-bond donors (Lipinski definition) is 0. The highest BCUT2D eigenvalue weighted by Gasteiger charge is 2.17. The van der Waals surface area contributed by atoms with Gasteiger partial charge in [-0.1, -0.05) is 115 Å². The lowest BCUT2D eigenvalue weighted by Gasteiger charge is -2.17. The lowest BCUT2D eigenvalue weighted by Crippen LogP contribution is -2.01. The second-order valence-corrected chi connectivity index (χ2v) is 10.7. The molecular formula is C40H38ClO2+. The number of ketones is 1. The lowest BCUT2D eigenvalue weighted by atomic mass is 9.93. The van der Waals surface area contributed by atoms with Gasteiger partial charge in [-0.25, -0.2) is 0 Å². The monoisotopic (exact) mass is 585 g/mol. The summed E-state index contributed by atoms with van der Waals surface area (Å²) < 4.78 is 12.1. The van der Waals surface area contributed by atoms with Gasteiger partial charge in [-0.05, 0) is 83.9 Å². The van der Waals surface area contributed by atoms with E-state index in [2.05, 4.69) is 121 Å². The number of allylic oxidation sites excluding steroid dienone is 7. The molecule has 2 nitrogen and oxygen atoms in total. The quantitative estimate of drug-likeness (QED) is 0.0784. The smallest absolute Gasteiger partial charge is 0.350 e. The van der Waals surface area contributed by atoms with Gasteiger partial charge in [0.05, 0.1) is 12.2 Å². The van der Waals surface area contributed by atoms with Crippen LogP contribution in [0.2, 0.25) is 0 Å². The molecule has 0 radical (unpaired) electrons. The molecule has 43 heavy (non-hydrogen) atoms. The molecular weight excluding hydrogens is 548 g/mol. The van der Waals surface area contributed by atoms with Crippen LogP contribution in [0.3, 0.4) is 0 Å². The van der Waals surface area contributed by atoms with E-state index in [4.69, 9.17) is 20.8 Å². The van der Waals surface area contributed by atoms with Gasteiger partial charge in [0.15, 0.2) is 0 Å². The molecule has 0 N–H and O–H groups in total. The summed E-state index contributed by atoms with van der Waals surface area (Å²) in [6.07, 6.45) is 11.2. The van der Waals surface area contributed by atoms with Crippen molar-refractivity contribution in [2.45, 2.75) is 33.1 Å². The molecule has 0 atom stereocenters. The summed E-state index contributed by atoms with van der Waals surface area (Å²) in [7, 11) is 0. The van der Waals surface area contributed by atoms with Gasteiger partial charge in [-0.3, -0.25) is 4.42 Å². The summed E-state index contributed by atoms with van der Waals surface area (Å²) in [5, 5.41) is 0.810. The highest BCUT2D eigenvalue weighted by molar-refractivity contribution is 6.32. The second kappa shape index (κ2) is 15.2. The number of halogens is 1. The van der Waals surface area contributed by atoms with Gasteiger partial charge < -0.3 is 4.74 Å². The van der Waals surface area contributed by atoms with Crippen molar-refractivity contribution in [3.63, 3.8) is 0 Å². The van der Waals surface area contributed by atoms with Gasteiger partial charge in [0, 0.05) is 23.6 Å². The topological polar surface area (TPSA) is 20.5 Å². The van der Waals surface area contributed by atoms with Crippen LogP contribution >= 0.6 is 11.6 Å². The maximum absolute atomic E-state index is 6.98. The summed E-state index contributed by atoms with van der Waals surface area (Å²) in [5.74, 6) is 1.68. The molecule has 0 spiro atoms.